The van der Waals surface area contributed by atoms with Crippen LogP contribution in [0.4, 0.5) is 5.69 Å². The Bertz CT molecular complexity index is 1180. The molecule has 194 valence electrons. The van der Waals surface area contributed by atoms with Gasteiger partial charge in [-0.05, 0) is 60.6 Å². The fraction of sp³-hybridized carbons (Fsp3) is 0.276. The number of benzene rings is 3. The van der Waals surface area contributed by atoms with Crippen molar-refractivity contribution in [2.24, 2.45) is 0 Å². The van der Waals surface area contributed by atoms with Crippen molar-refractivity contribution in [3.8, 4) is 0 Å². The molecule has 0 fully saturated rings. The number of aliphatic carboxylic acids is 2. The molecule has 37 heavy (non-hydrogen) atoms. The smallest absolute Gasteiger partial charge is 0.312 e. The molecule has 0 bridgehead atoms. The monoisotopic (exact) mass is 521 g/mol. The summed E-state index contributed by atoms with van der Waals surface area (Å²) in [6.45, 7) is 0. The van der Waals surface area contributed by atoms with E-state index in [0.717, 1.165) is 23.3 Å². The lowest BCUT2D eigenvalue weighted by atomic mass is 9.99. The summed E-state index contributed by atoms with van der Waals surface area (Å²) in [5.74, 6) is -2.73. The highest BCUT2D eigenvalue weighted by Gasteiger charge is 2.23. The second-order valence-electron chi connectivity index (χ2n) is 8.77. The molecule has 3 aromatic rings. The number of amides is 1. The summed E-state index contributed by atoms with van der Waals surface area (Å²) in [5.41, 5.74) is 3.83. The quantitative estimate of drug-likeness (QED) is 0.167. The third-order valence-electron chi connectivity index (χ3n) is 5.79. The molecular weight excluding hydrogens is 490 g/mol. The molecule has 7 nitrogen and oxygen atoms in total. The lowest BCUT2D eigenvalue weighted by Gasteiger charge is -2.23. The van der Waals surface area contributed by atoms with Crippen LogP contribution in [0.3, 0.4) is 0 Å². The molecule has 2 atom stereocenters. The number of rotatable bonds is 14. The molecule has 3 aromatic carbocycles. The summed E-state index contributed by atoms with van der Waals surface area (Å²) in [4.78, 5) is 34.4. The van der Waals surface area contributed by atoms with Crippen LogP contribution < -0.4 is 5.32 Å². The fourth-order valence-corrected chi connectivity index (χ4v) is 5.16. The molecule has 0 aliphatic rings. The number of aliphatic hydroxyl groups excluding tert-OH is 1. The molecule has 1 amide bonds. The number of carbonyl (C=O) groups is 3. The van der Waals surface area contributed by atoms with E-state index in [1.165, 1.54) is 22.9 Å². The molecule has 0 aliphatic heterocycles. The Labute approximate surface area is 220 Å². The Hall–Kier alpha value is -3.62. The van der Waals surface area contributed by atoms with Crippen molar-refractivity contribution in [1.82, 2.24) is 0 Å². The van der Waals surface area contributed by atoms with Crippen LogP contribution in [-0.2, 0) is 27.2 Å². The third kappa shape index (κ3) is 9.74. The summed E-state index contributed by atoms with van der Waals surface area (Å²) < 4.78 is 0. The Morgan fingerprint density at radius 1 is 0.811 bits per heavy atom. The number of aryl methyl sites for hydroxylation is 2. The van der Waals surface area contributed by atoms with E-state index in [1.54, 1.807) is 18.2 Å². The largest absolute Gasteiger partial charge is 0.481 e. The average Bonchev–Trinajstić information content (AvgIpc) is 2.86. The van der Waals surface area contributed by atoms with Crippen LogP contribution in [0.25, 0.3) is 0 Å². The number of thioether (sulfide) groups is 1. The second-order valence-corrected chi connectivity index (χ2v) is 9.98. The summed E-state index contributed by atoms with van der Waals surface area (Å²) >= 11 is 1.41. The van der Waals surface area contributed by atoms with E-state index in [2.05, 4.69) is 29.6 Å². The predicted octanol–water partition coefficient (Wildman–Crippen LogP) is 5.33. The van der Waals surface area contributed by atoms with Gasteiger partial charge >= 0.3 is 11.9 Å². The number of hydrogen-bond donors (Lipinski definition) is 4. The molecular formula is C29H31NO6S. The summed E-state index contributed by atoms with van der Waals surface area (Å²) in [6.07, 6.45) is 1.07. The van der Waals surface area contributed by atoms with Crippen LogP contribution in [0, 0.1) is 0 Å². The van der Waals surface area contributed by atoms with Gasteiger partial charge in [0, 0.05) is 17.0 Å². The number of aliphatic hydroxyl groups is 1. The van der Waals surface area contributed by atoms with Gasteiger partial charge in [0.05, 0.1) is 11.4 Å². The van der Waals surface area contributed by atoms with Crippen molar-refractivity contribution in [1.29, 1.82) is 0 Å². The van der Waals surface area contributed by atoms with Gasteiger partial charge < -0.3 is 20.6 Å². The van der Waals surface area contributed by atoms with Crippen molar-refractivity contribution in [3.63, 3.8) is 0 Å². The maximum absolute atomic E-state index is 11.8. The van der Waals surface area contributed by atoms with E-state index >= 15 is 0 Å². The Morgan fingerprint density at radius 2 is 1.49 bits per heavy atom. The highest BCUT2D eigenvalue weighted by molar-refractivity contribution is 7.99. The van der Waals surface area contributed by atoms with Crippen molar-refractivity contribution in [2.45, 2.75) is 54.8 Å². The normalized spacial score (nSPS) is 12.5. The Morgan fingerprint density at radius 3 is 2.14 bits per heavy atom. The van der Waals surface area contributed by atoms with Crippen LogP contribution >= 0.6 is 11.8 Å². The topological polar surface area (TPSA) is 124 Å². The third-order valence-corrected chi connectivity index (χ3v) is 7.15. The van der Waals surface area contributed by atoms with E-state index < -0.39 is 30.4 Å². The minimum atomic E-state index is -1.21. The average molecular weight is 522 g/mol. The fourth-order valence-electron chi connectivity index (χ4n) is 3.93. The van der Waals surface area contributed by atoms with Gasteiger partial charge in [-0.2, -0.15) is 0 Å². The number of carbonyl (C=O) groups excluding carboxylic acids is 1. The first-order valence-corrected chi connectivity index (χ1v) is 13.0. The number of anilines is 1. The lowest BCUT2D eigenvalue weighted by Crippen LogP contribution is -2.17. The van der Waals surface area contributed by atoms with Gasteiger partial charge in [0.15, 0.2) is 0 Å². The zero-order chi connectivity index (χ0) is 26.6. The van der Waals surface area contributed by atoms with Crippen molar-refractivity contribution in [2.75, 3.05) is 5.32 Å². The zero-order valence-electron chi connectivity index (χ0n) is 20.4. The van der Waals surface area contributed by atoms with Gasteiger partial charge in [0.1, 0.15) is 6.42 Å². The molecule has 0 saturated heterocycles. The van der Waals surface area contributed by atoms with Crippen LogP contribution in [0.1, 0.15) is 47.6 Å². The van der Waals surface area contributed by atoms with Crippen LogP contribution in [0.15, 0.2) is 83.8 Å². The molecule has 0 heterocycles. The lowest BCUT2D eigenvalue weighted by molar-refractivity contribution is -0.140. The van der Waals surface area contributed by atoms with Crippen molar-refractivity contribution in [3.05, 3.63) is 95.6 Å². The highest BCUT2D eigenvalue weighted by Crippen LogP contribution is 2.40. The van der Waals surface area contributed by atoms with E-state index in [-0.39, 0.29) is 11.7 Å². The predicted molar refractivity (Wildman–Crippen MR) is 144 cm³/mol. The van der Waals surface area contributed by atoms with Gasteiger partial charge in [-0.15, -0.1) is 11.8 Å². The minimum Gasteiger partial charge on any atom is -0.481 e. The van der Waals surface area contributed by atoms with E-state index in [0.29, 0.717) is 18.5 Å². The van der Waals surface area contributed by atoms with Crippen LogP contribution in [-0.4, -0.2) is 39.3 Å². The van der Waals surface area contributed by atoms with Gasteiger partial charge in [-0.1, -0.05) is 60.7 Å². The Balaban J connectivity index is 1.74. The standard InChI is InChI=1S/C29H31NO6S/c31-25(10-5-11-27(33)34)29(37-24-9-4-8-23(18-24)30-26(32)19-28(35)36)22-16-14-21(15-17-22)13-12-20-6-2-1-3-7-20/h1-4,6-9,14-18,25,29,31H,5,10-13,19H2,(H,30,32)(H,33,34)(H,35,36). The molecule has 0 aromatic heterocycles. The zero-order valence-corrected chi connectivity index (χ0v) is 21.2. The first kappa shape index (κ1) is 28.0. The summed E-state index contributed by atoms with van der Waals surface area (Å²) in [5, 5.41) is 31.0. The molecule has 2 unspecified atom stereocenters. The molecule has 0 radical (unpaired) electrons. The maximum atomic E-state index is 11.8. The number of nitrogens with one attached hydrogen (secondary N) is 1. The highest BCUT2D eigenvalue weighted by atomic mass is 32.2. The summed E-state index contributed by atoms with van der Waals surface area (Å²) in [7, 11) is 0. The van der Waals surface area contributed by atoms with Crippen molar-refractivity contribution < 1.29 is 29.7 Å². The van der Waals surface area contributed by atoms with Gasteiger partial charge in [0.2, 0.25) is 5.91 Å². The molecule has 3 rings (SSSR count). The molecule has 0 saturated carbocycles. The van der Waals surface area contributed by atoms with Gasteiger partial charge in [-0.3, -0.25) is 14.4 Å². The first-order chi connectivity index (χ1) is 17.8. The van der Waals surface area contributed by atoms with Crippen molar-refractivity contribution >= 4 is 35.3 Å². The molecule has 8 heteroatoms. The molecule has 0 aliphatic carbocycles. The Kier molecular flexibility index (Phi) is 10.7. The van der Waals surface area contributed by atoms with Crippen LogP contribution in [0.2, 0.25) is 0 Å². The van der Waals surface area contributed by atoms with Gasteiger partial charge in [-0.25, -0.2) is 0 Å². The first-order valence-electron chi connectivity index (χ1n) is 12.1. The maximum Gasteiger partial charge on any atom is 0.312 e. The number of carboxylic acids is 2. The van der Waals surface area contributed by atoms with Gasteiger partial charge in [0.25, 0.3) is 0 Å². The second kappa shape index (κ2) is 14.2. The van der Waals surface area contributed by atoms with E-state index in [1.807, 2.05) is 36.4 Å². The SMILES string of the molecule is O=C(O)CCCC(O)C(Sc1cccc(NC(=O)CC(=O)O)c1)c1ccc(CCc2ccccc2)cc1. The van der Waals surface area contributed by atoms with E-state index in [4.69, 9.17) is 10.2 Å². The number of hydrogen-bond acceptors (Lipinski definition) is 5. The number of carboxylic acid groups (broad SMARTS) is 2. The van der Waals surface area contributed by atoms with E-state index in [9.17, 15) is 19.5 Å². The van der Waals surface area contributed by atoms with Crippen LogP contribution in [0.5, 0.6) is 0 Å². The minimum absolute atomic E-state index is 0.0159. The molecule has 0 spiro atoms. The molecule has 4 N–H and O–H groups in total. The summed E-state index contributed by atoms with van der Waals surface area (Å²) in [6, 6.07) is 25.4.